The first-order valence-corrected chi connectivity index (χ1v) is 7.82. The molecule has 156 valence electrons. The number of amides is 1. The number of aliphatic carboxylic acids is 2. The number of carbonyl (C=O) groups excluding carboxylic acids is 1. The highest BCUT2D eigenvalue weighted by atomic mass is 19.4. The molecule has 1 fully saturated rings. The van der Waals surface area contributed by atoms with Crippen LogP contribution in [0.15, 0.2) is 12.2 Å². The fourth-order valence-electron chi connectivity index (χ4n) is 2.60. The molecule has 0 unspecified atom stereocenters. The summed E-state index contributed by atoms with van der Waals surface area (Å²) in [6, 6.07) is -1.93. The van der Waals surface area contributed by atoms with E-state index in [1.165, 1.54) is 6.92 Å². The minimum Gasteiger partial charge on any atom is -0.480 e. The lowest BCUT2D eigenvalue weighted by Gasteiger charge is -2.31. The van der Waals surface area contributed by atoms with E-state index in [1.54, 1.807) is 6.08 Å². The number of carbonyl (C=O) groups is 3. The molecule has 0 spiro atoms. The summed E-state index contributed by atoms with van der Waals surface area (Å²) in [7, 11) is 0. The zero-order valence-corrected chi connectivity index (χ0v) is 14.6. The van der Waals surface area contributed by atoms with E-state index in [-0.39, 0.29) is 11.8 Å². The molecular formula is C15H23F3N2O7. The van der Waals surface area contributed by atoms with Gasteiger partial charge in [0.2, 0.25) is 5.91 Å². The number of hydrogen-bond donors (Lipinski definition) is 6. The van der Waals surface area contributed by atoms with Gasteiger partial charge in [0.25, 0.3) is 0 Å². The number of aliphatic hydroxyl groups excluding tert-OH is 2. The first-order valence-electron chi connectivity index (χ1n) is 7.82. The molecule has 0 aromatic heterocycles. The molecule has 9 nitrogen and oxygen atoms in total. The molecule has 6 N–H and O–H groups in total. The predicted octanol–water partition coefficient (Wildman–Crippen LogP) is -0.515. The van der Waals surface area contributed by atoms with Gasteiger partial charge in [0.15, 0.2) is 0 Å². The van der Waals surface area contributed by atoms with Crippen LogP contribution < -0.4 is 10.6 Å². The van der Waals surface area contributed by atoms with Gasteiger partial charge in [0.05, 0.1) is 18.8 Å². The lowest BCUT2D eigenvalue weighted by atomic mass is 9.90. The second-order valence-electron chi connectivity index (χ2n) is 5.79. The Morgan fingerprint density at radius 3 is 2.15 bits per heavy atom. The standard InChI is InChI=1S/C13H22N2O5.C2HF3O2/c1-3-4-8-5-9(13(19)20)15-11(8)12(10(18)6-16)14-7(2)17;3-2(4,5)1(6)7/h3-4,8-12,15-16,18H,5-6H2,1-2H3,(H,14,17)(H,19,20);(H,6,7)/b4-3-;/t8-,9+,10+,11+,12-;/m0./s1. The van der Waals surface area contributed by atoms with Gasteiger partial charge in [-0.25, -0.2) is 4.79 Å². The third kappa shape index (κ3) is 8.37. The van der Waals surface area contributed by atoms with Crippen LogP contribution in [0.2, 0.25) is 0 Å². The van der Waals surface area contributed by atoms with Gasteiger partial charge in [0.1, 0.15) is 6.04 Å². The summed E-state index contributed by atoms with van der Waals surface area (Å²) in [6.07, 6.45) is -2.21. The van der Waals surface area contributed by atoms with Gasteiger partial charge < -0.3 is 25.7 Å². The highest BCUT2D eigenvalue weighted by Gasteiger charge is 2.42. The number of rotatable bonds is 6. The summed E-state index contributed by atoms with van der Waals surface area (Å²) in [4.78, 5) is 31.2. The molecule has 0 saturated carbocycles. The summed E-state index contributed by atoms with van der Waals surface area (Å²) in [6.45, 7) is 2.62. The first kappa shape index (κ1) is 24.8. The van der Waals surface area contributed by atoms with E-state index in [9.17, 15) is 27.9 Å². The van der Waals surface area contributed by atoms with Gasteiger partial charge in [-0.2, -0.15) is 13.2 Å². The smallest absolute Gasteiger partial charge is 0.480 e. The van der Waals surface area contributed by atoms with Gasteiger partial charge in [-0.1, -0.05) is 12.2 Å². The molecule has 5 atom stereocenters. The molecule has 1 saturated heterocycles. The lowest BCUT2D eigenvalue weighted by Crippen LogP contribution is -2.57. The molecule has 0 aliphatic carbocycles. The van der Waals surface area contributed by atoms with Crippen LogP contribution in [0.25, 0.3) is 0 Å². The summed E-state index contributed by atoms with van der Waals surface area (Å²) in [5.74, 6) is -4.21. The van der Waals surface area contributed by atoms with E-state index in [2.05, 4.69) is 10.6 Å². The quantitative estimate of drug-likeness (QED) is 0.326. The van der Waals surface area contributed by atoms with Crippen LogP contribution in [0, 0.1) is 5.92 Å². The van der Waals surface area contributed by atoms with Gasteiger partial charge in [-0.05, 0) is 19.3 Å². The minimum absolute atomic E-state index is 0.140. The van der Waals surface area contributed by atoms with Gasteiger partial charge in [-0.3, -0.25) is 14.9 Å². The summed E-state index contributed by atoms with van der Waals surface area (Å²) in [5, 5.41) is 40.7. The number of nitrogens with one attached hydrogen (secondary N) is 2. The number of hydrogen-bond acceptors (Lipinski definition) is 6. The maximum absolute atomic E-state index is 11.2. The van der Waals surface area contributed by atoms with E-state index in [4.69, 9.17) is 20.1 Å². The second-order valence-corrected chi connectivity index (χ2v) is 5.79. The maximum atomic E-state index is 11.2. The number of allylic oxidation sites excluding steroid dienone is 1. The average Bonchev–Trinajstić information content (AvgIpc) is 2.95. The number of aliphatic hydroxyl groups is 2. The van der Waals surface area contributed by atoms with E-state index < -0.39 is 49.0 Å². The van der Waals surface area contributed by atoms with Crippen molar-refractivity contribution in [1.82, 2.24) is 10.6 Å². The molecule has 12 heteroatoms. The molecular weight excluding hydrogens is 377 g/mol. The van der Waals surface area contributed by atoms with Crippen LogP contribution in [0.1, 0.15) is 20.3 Å². The van der Waals surface area contributed by atoms with Crippen molar-refractivity contribution in [3.63, 3.8) is 0 Å². The van der Waals surface area contributed by atoms with Crippen molar-refractivity contribution >= 4 is 17.8 Å². The summed E-state index contributed by atoms with van der Waals surface area (Å²) in [5.41, 5.74) is 0. The molecule has 0 aromatic carbocycles. The van der Waals surface area contributed by atoms with Crippen molar-refractivity contribution in [3.05, 3.63) is 12.2 Å². The van der Waals surface area contributed by atoms with Crippen LogP contribution in [-0.2, 0) is 14.4 Å². The highest BCUT2D eigenvalue weighted by molar-refractivity contribution is 5.75. The van der Waals surface area contributed by atoms with Gasteiger partial charge in [0, 0.05) is 13.0 Å². The average molecular weight is 400 g/mol. The monoisotopic (exact) mass is 400 g/mol. The number of carboxylic acids is 2. The Morgan fingerprint density at radius 1 is 1.30 bits per heavy atom. The predicted molar refractivity (Wildman–Crippen MR) is 85.7 cm³/mol. The summed E-state index contributed by atoms with van der Waals surface area (Å²) >= 11 is 0. The third-order valence-corrected chi connectivity index (χ3v) is 3.70. The van der Waals surface area contributed by atoms with E-state index in [0.717, 1.165) is 0 Å². The van der Waals surface area contributed by atoms with E-state index >= 15 is 0 Å². The van der Waals surface area contributed by atoms with Crippen LogP contribution in [0.5, 0.6) is 0 Å². The molecule has 1 amide bonds. The van der Waals surface area contributed by atoms with Gasteiger partial charge >= 0.3 is 18.1 Å². The number of alkyl halides is 3. The topological polar surface area (TPSA) is 156 Å². The Morgan fingerprint density at radius 2 is 1.81 bits per heavy atom. The van der Waals surface area contributed by atoms with Crippen molar-refractivity contribution in [2.24, 2.45) is 5.92 Å². The summed E-state index contributed by atoms with van der Waals surface area (Å²) < 4.78 is 31.7. The highest BCUT2D eigenvalue weighted by Crippen LogP contribution is 2.26. The van der Waals surface area contributed by atoms with Gasteiger partial charge in [-0.15, -0.1) is 0 Å². The number of carboxylic acid groups (broad SMARTS) is 2. The first-order chi connectivity index (χ1) is 12.3. The molecule has 27 heavy (non-hydrogen) atoms. The normalized spacial score (nSPS) is 24.6. The van der Waals surface area contributed by atoms with Crippen LogP contribution in [0.3, 0.4) is 0 Å². The van der Waals surface area contributed by atoms with Crippen LogP contribution >= 0.6 is 0 Å². The molecule has 0 aromatic rings. The fraction of sp³-hybridized carbons (Fsp3) is 0.667. The zero-order valence-electron chi connectivity index (χ0n) is 14.6. The zero-order chi connectivity index (χ0) is 21.4. The maximum Gasteiger partial charge on any atom is 0.490 e. The Kier molecular flexibility index (Phi) is 9.97. The van der Waals surface area contributed by atoms with Crippen molar-refractivity contribution in [2.45, 2.75) is 50.7 Å². The minimum atomic E-state index is -5.08. The van der Waals surface area contributed by atoms with E-state index in [0.29, 0.717) is 6.42 Å². The fourth-order valence-corrected chi connectivity index (χ4v) is 2.60. The molecule has 0 radical (unpaired) electrons. The molecule has 1 rings (SSSR count). The van der Waals surface area contributed by atoms with Crippen molar-refractivity contribution in [3.8, 4) is 0 Å². The largest absolute Gasteiger partial charge is 0.490 e. The van der Waals surface area contributed by atoms with Crippen molar-refractivity contribution in [1.29, 1.82) is 0 Å². The molecule has 1 heterocycles. The Bertz CT molecular complexity index is 554. The van der Waals surface area contributed by atoms with Crippen LogP contribution in [-0.4, -0.2) is 75.3 Å². The molecule has 1 aliphatic rings. The van der Waals surface area contributed by atoms with E-state index in [1.807, 2.05) is 13.0 Å². The lowest BCUT2D eigenvalue weighted by molar-refractivity contribution is -0.192. The van der Waals surface area contributed by atoms with Crippen LogP contribution in [0.4, 0.5) is 13.2 Å². The van der Waals surface area contributed by atoms with Crippen molar-refractivity contribution < 1.29 is 48.0 Å². The SMILES string of the molecule is C/C=C\[C@H]1C[C@H](C(=O)O)N[C@H]1[C@@H](NC(C)=O)[C@H](O)CO.O=C(O)C(F)(F)F. The Labute approximate surface area is 152 Å². The van der Waals surface area contributed by atoms with Crippen molar-refractivity contribution in [2.75, 3.05) is 6.61 Å². The second kappa shape index (κ2) is 10.8. The molecule has 0 bridgehead atoms. The third-order valence-electron chi connectivity index (χ3n) is 3.70. The Hall–Kier alpha value is -2.18. The Balaban J connectivity index is 0.000000821. The molecule has 1 aliphatic heterocycles. The number of halogens is 3.